The van der Waals surface area contributed by atoms with Crippen LogP contribution in [0.3, 0.4) is 0 Å². The van der Waals surface area contributed by atoms with Gasteiger partial charge in [0, 0.05) is 0 Å². The standard InChI is InChI=1S/C26H26N2O4S/c1-5-32-25(31)22-16(4)27-26-28(23(22)19-11-9-18(10-12-19)15(2)3)24(30)21(33-26)14-17-7-6-8-20(29)13-17/h6-15,23,29H,5H2,1-4H3/b21-14-/t23-/m0/s1. The third kappa shape index (κ3) is 4.41. The van der Waals surface area contributed by atoms with E-state index in [1.807, 2.05) is 30.3 Å². The summed E-state index contributed by atoms with van der Waals surface area (Å²) in [5.74, 6) is 0.0177. The molecule has 0 aliphatic carbocycles. The van der Waals surface area contributed by atoms with Crippen molar-refractivity contribution in [2.75, 3.05) is 6.61 Å². The smallest absolute Gasteiger partial charge is 0.338 e. The lowest BCUT2D eigenvalue weighted by atomic mass is 9.93. The van der Waals surface area contributed by atoms with Gasteiger partial charge in [-0.2, -0.15) is 0 Å². The van der Waals surface area contributed by atoms with Crippen molar-refractivity contribution >= 4 is 23.4 Å². The predicted octanol–water partition coefficient (Wildman–Crippen LogP) is 3.63. The second kappa shape index (κ2) is 9.19. The number of aromatic hydroxyl groups is 1. The molecule has 0 spiro atoms. The number of phenolic OH excluding ortho intramolecular Hbond substituents is 1. The van der Waals surface area contributed by atoms with Crippen LogP contribution in [0.15, 0.2) is 69.6 Å². The molecule has 1 N–H and O–H groups in total. The Hall–Kier alpha value is -3.45. The fourth-order valence-electron chi connectivity index (χ4n) is 3.94. The first-order valence-electron chi connectivity index (χ1n) is 10.9. The second-order valence-corrected chi connectivity index (χ2v) is 9.23. The van der Waals surface area contributed by atoms with Crippen LogP contribution in [0, 0.1) is 0 Å². The Labute approximate surface area is 195 Å². The molecule has 0 amide bonds. The Morgan fingerprint density at radius 2 is 1.97 bits per heavy atom. The van der Waals surface area contributed by atoms with Crippen molar-refractivity contribution in [2.24, 2.45) is 4.99 Å². The largest absolute Gasteiger partial charge is 0.508 e. The lowest BCUT2D eigenvalue weighted by Crippen LogP contribution is -2.39. The molecule has 0 saturated carbocycles. The van der Waals surface area contributed by atoms with Gasteiger partial charge in [-0.15, -0.1) is 0 Å². The molecule has 0 unspecified atom stereocenters. The number of phenols is 1. The minimum atomic E-state index is -0.632. The summed E-state index contributed by atoms with van der Waals surface area (Å²) in [6, 6.07) is 14.1. The van der Waals surface area contributed by atoms with Crippen LogP contribution < -0.4 is 14.9 Å². The Morgan fingerprint density at radius 3 is 2.61 bits per heavy atom. The Balaban J connectivity index is 1.94. The highest BCUT2D eigenvalue weighted by Gasteiger charge is 2.33. The molecule has 2 aromatic carbocycles. The van der Waals surface area contributed by atoms with E-state index in [1.54, 1.807) is 42.7 Å². The number of carbonyl (C=O) groups excluding carboxylic acids is 1. The van der Waals surface area contributed by atoms with Gasteiger partial charge in [0.2, 0.25) is 0 Å². The summed E-state index contributed by atoms with van der Waals surface area (Å²) >= 11 is 1.26. The number of carbonyl (C=O) groups is 1. The average Bonchev–Trinajstić information content (AvgIpc) is 3.07. The Morgan fingerprint density at radius 1 is 1.24 bits per heavy atom. The molecule has 0 saturated heterocycles. The second-order valence-electron chi connectivity index (χ2n) is 8.22. The average molecular weight is 463 g/mol. The van der Waals surface area contributed by atoms with Crippen LogP contribution in [0.25, 0.3) is 6.08 Å². The highest BCUT2D eigenvalue weighted by Crippen LogP contribution is 2.31. The predicted molar refractivity (Wildman–Crippen MR) is 129 cm³/mol. The van der Waals surface area contributed by atoms with E-state index in [4.69, 9.17) is 4.74 Å². The summed E-state index contributed by atoms with van der Waals surface area (Å²) in [6.45, 7) is 8.00. The van der Waals surface area contributed by atoms with Crippen LogP contribution in [0.2, 0.25) is 0 Å². The summed E-state index contributed by atoms with van der Waals surface area (Å²) in [5, 5.41) is 9.78. The maximum Gasteiger partial charge on any atom is 0.338 e. The molecule has 170 valence electrons. The van der Waals surface area contributed by atoms with Crippen LogP contribution >= 0.6 is 11.3 Å². The van der Waals surface area contributed by atoms with Crippen LogP contribution in [-0.4, -0.2) is 22.2 Å². The fraction of sp³-hybridized carbons (Fsp3) is 0.269. The number of hydrogen-bond acceptors (Lipinski definition) is 6. The normalized spacial score (nSPS) is 16.0. The van der Waals surface area contributed by atoms with Gasteiger partial charge in [0.1, 0.15) is 5.75 Å². The van der Waals surface area contributed by atoms with Crippen molar-refractivity contribution in [2.45, 2.75) is 39.7 Å². The number of esters is 1. The van der Waals surface area contributed by atoms with Crippen LogP contribution in [0.5, 0.6) is 5.75 Å². The van der Waals surface area contributed by atoms with Gasteiger partial charge in [-0.3, -0.25) is 9.36 Å². The van der Waals surface area contributed by atoms with E-state index in [-0.39, 0.29) is 17.9 Å². The van der Waals surface area contributed by atoms with Crippen molar-refractivity contribution in [1.29, 1.82) is 0 Å². The summed E-state index contributed by atoms with van der Waals surface area (Å²) in [6.07, 6.45) is 1.73. The first-order chi connectivity index (χ1) is 15.8. The molecule has 4 rings (SSSR count). The topological polar surface area (TPSA) is 80.9 Å². The monoisotopic (exact) mass is 462 g/mol. The maximum atomic E-state index is 13.5. The minimum Gasteiger partial charge on any atom is -0.508 e. The van der Waals surface area contributed by atoms with Gasteiger partial charge in [0.25, 0.3) is 5.56 Å². The number of ether oxygens (including phenoxy) is 1. The molecule has 33 heavy (non-hydrogen) atoms. The number of thiazole rings is 1. The molecule has 1 aliphatic heterocycles. The zero-order chi connectivity index (χ0) is 23.7. The van der Waals surface area contributed by atoms with Crippen molar-refractivity contribution < 1.29 is 14.6 Å². The van der Waals surface area contributed by atoms with E-state index < -0.39 is 12.0 Å². The highest BCUT2D eigenvalue weighted by atomic mass is 32.1. The highest BCUT2D eigenvalue weighted by molar-refractivity contribution is 7.07. The summed E-state index contributed by atoms with van der Waals surface area (Å²) in [7, 11) is 0. The molecule has 7 heteroatoms. The van der Waals surface area contributed by atoms with Gasteiger partial charge in [0.05, 0.1) is 28.5 Å². The van der Waals surface area contributed by atoms with Gasteiger partial charge < -0.3 is 9.84 Å². The number of allylic oxidation sites excluding steroid dienone is 1. The zero-order valence-corrected chi connectivity index (χ0v) is 19.8. The third-order valence-corrected chi connectivity index (χ3v) is 6.59. The number of rotatable bonds is 5. The van der Waals surface area contributed by atoms with Crippen molar-refractivity contribution in [3.05, 3.63) is 96.2 Å². The first-order valence-corrected chi connectivity index (χ1v) is 11.7. The quantitative estimate of drug-likeness (QED) is 0.587. The number of aromatic nitrogens is 1. The van der Waals surface area contributed by atoms with Gasteiger partial charge in [-0.1, -0.05) is 61.6 Å². The van der Waals surface area contributed by atoms with E-state index in [1.165, 1.54) is 16.9 Å². The third-order valence-electron chi connectivity index (χ3n) is 5.60. The molecule has 0 radical (unpaired) electrons. The first kappa shape index (κ1) is 22.7. The van der Waals surface area contributed by atoms with Crippen molar-refractivity contribution in [3.8, 4) is 5.75 Å². The zero-order valence-electron chi connectivity index (χ0n) is 19.0. The van der Waals surface area contributed by atoms with E-state index in [9.17, 15) is 14.7 Å². The van der Waals surface area contributed by atoms with E-state index in [0.29, 0.717) is 32.1 Å². The van der Waals surface area contributed by atoms with Gasteiger partial charge in [-0.25, -0.2) is 9.79 Å². The number of nitrogens with zero attached hydrogens (tertiary/aromatic N) is 2. The minimum absolute atomic E-state index is 0.125. The lowest BCUT2D eigenvalue weighted by Gasteiger charge is -2.25. The molecular weight excluding hydrogens is 436 g/mol. The van der Waals surface area contributed by atoms with E-state index in [2.05, 4.69) is 18.8 Å². The molecule has 0 bridgehead atoms. The van der Waals surface area contributed by atoms with E-state index in [0.717, 1.165) is 5.56 Å². The molecule has 1 aromatic heterocycles. The lowest BCUT2D eigenvalue weighted by molar-refractivity contribution is -0.139. The van der Waals surface area contributed by atoms with E-state index >= 15 is 0 Å². The fourth-order valence-corrected chi connectivity index (χ4v) is 4.98. The molecule has 6 nitrogen and oxygen atoms in total. The molecule has 1 atom stereocenters. The van der Waals surface area contributed by atoms with Crippen LogP contribution in [0.1, 0.15) is 56.3 Å². The Kier molecular flexibility index (Phi) is 6.33. The van der Waals surface area contributed by atoms with Gasteiger partial charge >= 0.3 is 5.97 Å². The van der Waals surface area contributed by atoms with Gasteiger partial charge in [-0.05, 0) is 54.7 Å². The molecular formula is C26H26N2O4S. The summed E-state index contributed by atoms with van der Waals surface area (Å²) in [4.78, 5) is 31.6. The molecule has 2 heterocycles. The van der Waals surface area contributed by atoms with Crippen molar-refractivity contribution in [1.82, 2.24) is 4.57 Å². The number of benzene rings is 2. The van der Waals surface area contributed by atoms with Crippen molar-refractivity contribution in [3.63, 3.8) is 0 Å². The Bertz CT molecular complexity index is 1410. The molecule has 3 aromatic rings. The van der Waals surface area contributed by atoms with Crippen LogP contribution in [-0.2, 0) is 9.53 Å². The maximum absolute atomic E-state index is 13.5. The molecule has 0 fully saturated rings. The summed E-state index contributed by atoms with van der Waals surface area (Å²) in [5.41, 5.74) is 3.37. The SMILES string of the molecule is CCOC(=O)C1=C(C)N=c2s/c(=C\c3cccc(O)c3)c(=O)n2[C@H]1c1ccc(C(C)C)cc1. The number of fused-ring (bicyclic) bond motifs is 1. The molecule has 1 aliphatic rings. The number of hydrogen-bond donors (Lipinski definition) is 1. The van der Waals surface area contributed by atoms with Crippen LogP contribution in [0.4, 0.5) is 0 Å². The summed E-state index contributed by atoms with van der Waals surface area (Å²) < 4.78 is 7.38. The van der Waals surface area contributed by atoms with Gasteiger partial charge in [0.15, 0.2) is 4.80 Å².